The predicted molar refractivity (Wildman–Crippen MR) is 95.4 cm³/mol. The van der Waals surface area contributed by atoms with E-state index in [1.165, 1.54) is 11.1 Å². The van der Waals surface area contributed by atoms with Crippen LogP contribution in [0.1, 0.15) is 38.8 Å². The fraction of sp³-hybridized carbons (Fsp3) is 0.300. The van der Waals surface area contributed by atoms with Crippen molar-refractivity contribution < 1.29 is 4.79 Å². The molecule has 4 rings (SSSR count). The molecule has 1 amide bonds. The first-order valence-corrected chi connectivity index (χ1v) is 8.34. The van der Waals surface area contributed by atoms with Crippen LogP contribution in [0.25, 0.3) is 10.9 Å². The monoisotopic (exact) mass is 319 g/mol. The number of H-pyrrole nitrogens is 1. The van der Waals surface area contributed by atoms with E-state index in [-0.39, 0.29) is 5.91 Å². The van der Waals surface area contributed by atoms with E-state index in [0.717, 1.165) is 40.9 Å². The first-order chi connectivity index (χ1) is 11.5. The lowest BCUT2D eigenvalue weighted by Crippen LogP contribution is -2.49. The molecule has 3 heterocycles. The van der Waals surface area contributed by atoms with Gasteiger partial charge in [-0.05, 0) is 50.1 Å². The molecular formula is C20H21N3O. The van der Waals surface area contributed by atoms with E-state index in [9.17, 15) is 4.79 Å². The molecule has 24 heavy (non-hydrogen) atoms. The molecule has 2 aromatic heterocycles. The number of carbonyl (C=O) groups excluding carboxylic acids is 1. The molecule has 3 aromatic rings. The van der Waals surface area contributed by atoms with Gasteiger partial charge >= 0.3 is 0 Å². The Hall–Kier alpha value is -2.62. The molecule has 1 aliphatic heterocycles. The second kappa shape index (κ2) is 5.48. The summed E-state index contributed by atoms with van der Waals surface area (Å²) < 4.78 is 0. The lowest BCUT2D eigenvalue weighted by atomic mass is 9.95. The summed E-state index contributed by atoms with van der Waals surface area (Å²) in [5.74, 6) is 0.441. The topological polar surface area (TPSA) is 49.0 Å². The molecule has 0 spiro atoms. The van der Waals surface area contributed by atoms with Crippen molar-refractivity contribution in [1.82, 2.24) is 14.9 Å². The standard InChI is InChI=1S/C20H21N3O/c1-12-8-13(2)18-16(9-12)14(3)19(22-18)20(24)23-10-15(11-23)17-6-4-5-7-21-17/h4-9,15,22H,10-11H2,1-3H3. The van der Waals surface area contributed by atoms with Gasteiger partial charge < -0.3 is 9.88 Å². The van der Waals surface area contributed by atoms with Crippen LogP contribution in [-0.2, 0) is 0 Å². The number of benzene rings is 1. The summed E-state index contributed by atoms with van der Waals surface area (Å²) in [5, 5.41) is 1.15. The van der Waals surface area contributed by atoms with Crippen molar-refractivity contribution in [3.8, 4) is 0 Å². The molecule has 0 aliphatic carbocycles. The van der Waals surface area contributed by atoms with Gasteiger partial charge in [-0.15, -0.1) is 0 Å². The van der Waals surface area contributed by atoms with Gasteiger partial charge in [0.1, 0.15) is 5.69 Å². The van der Waals surface area contributed by atoms with Crippen molar-refractivity contribution in [2.75, 3.05) is 13.1 Å². The Morgan fingerprint density at radius 2 is 2.00 bits per heavy atom. The van der Waals surface area contributed by atoms with Gasteiger partial charge in [-0.3, -0.25) is 9.78 Å². The average Bonchev–Trinajstić information content (AvgIpc) is 2.84. The van der Waals surface area contributed by atoms with Crippen LogP contribution in [0.2, 0.25) is 0 Å². The molecule has 1 N–H and O–H groups in total. The Morgan fingerprint density at radius 1 is 1.21 bits per heavy atom. The van der Waals surface area contributed by atoms with E-state index in [1.54, 1.807) is 0 Å². The van der Waals surface area contributed by atoms with Crippen molar-refractivity contribution in [1.29, 1.82) is 0 Å². The molecule has 4 nitrogen and oxygen atoms in total. The molecule has 0 bridgehead atoms. The van der Waals surface area contributed by atoms with E-state index in [1.807, 2.05) is 36.2 Å². The average molecular weight is 319 g/mol. The third-order valence-corrected chi connectivity index (χ3v) is 5.00. The molecule has 1 fully saturated rings. The number of pyridine rings is 1. The third-order valence-electron chi connectivity index (χ3n) is 5.00. The zero-order valence-electron chi connectivity index (χ0n) is 14.3. The number of rotatable bonds is 2. The maximum Gasteiger partial charge on any atom is 0.270 e. The molecule has 1 aromatic carbocycles. The van der Waals surface area contributed by atoms with Crippen molar-refractivity contribution in [2.24, 2.45) is 0 Å². The fourth-order valence-electron chi connectivity index (χ4n) is 3.60. The number of nitrogens with one attached hydrogen (secondary N) is 1. The van der Waals surface area contributed by atoms with Crippen LogP contribution in [0, 0.1) is 20.8 Å². The maximum atomic E-state index is 12.9. The fourth-order valence-corrected chi connectivity index (χ4v) is 3.60. The van der Waals surface area contributed by atoms with Gasteiger partial charge in [0.2, 0.25) is 0 Å². The van der Waals surface area contributed by atoms with Crippen LogP contribution in [0.15, 0.2) is 36.5 Å². The number of carbonyl (C=O) groups is 1. The first kappa shape index (κ1) is 14.9. The van der Waals surface area contributed by atoms with E-state index in [0.29, 0.717) is 5.92 Å². The Bertz CT molecular complexity index is 921. The molecule has 0 radical (unpaired) electrons. The lowest BCUT2D eigenvalue weighted by Gasteiger charge is -2.38. The van der Waals surface area contributed by atoms with Gasteiger partial charge in [-0.2, -0.15) is 0 Å². The van der Waals surface area contributed by atoms with E-state index < -0.39 is 0 Å². The maximum absolute atomic E-state index is 12.9. The number of fused-ring (bicyclic) bond motifs is 1. The molecule has 0 unspecified atom stereocenters. The van der Waals surface area contributed by atoms with Crippen LogP contribution >= 0.6 is 0 Å². The van der Waals surface area contributed by atoms with Crippen molar-refractivity contribution >= 4 is 16.8 Å². The number of likely N-dealkylation sites (tertiary alicyclic amines) is 1. The van der Waals surface area contributed by atoms with Crippen LogP contribution in [-0.4, -0.2) is 33.9 Å². The molecule has 0 saturated carbocycles. The molecule has 0 atom stereocenters. The number of aromatic nitrogens is 2. The van der Waals surface area contributed by atoms with Crippen molar-refractivity contribution in [3.63, 3.8) is 0 Å². The normalized spacial score (nSPS) is 14.9. The van der Waals surface area contributed by atoms with E-state index in [2.05, 4.69) is 35.9 Å². The van der Waals surface area contributed by atoms with E-state index >= 15 is 0 Å². The summed E-state index contributed by atoms with van der Waals surface area (Å²) in [5.41, 5.74) is 6.31. The number of nitrogens with zero attached hydrogens (tertiary/aromatic N) is 2. The highest BCUT2D eigenvalue weighted by atomic mass is 16.2. The minimum Gasteiger partial charge on any atom is -0.350 e. The second-order valence-corrected chi connectivity index (χ2v) is 6.79. The third kappa shape index (κ3) is 2.30. The number of aryl methyl sites for hydroxylation is 3. The number of amides is 1. The predicted octanol–water partition coefficient (Wildman–Crippen LogP) is 3.73. The molecule has 1 aliphatic rings. The van der Waals surface area contributed by atoms with Gasteiger partial charge in [0.05, 0.1) is 0 Å². The summed E-state index contributed by atoms with van der Waals surface area (Å²) in [6.07, 6.45) is 1.81. The van der Waals surface area contributed by atoms with Crippen molar-refractivity contribution in [3.05, 3.63) is 64.6 Å². The number of hydrogen-bond donors (Lipinski definition) is 1. The summed E-state index contributed by atoms with van der Waals surface area (Å²) in [6.45, 7) is 7.68. The largest absolute Gasteiger partial charge is 0.350 e. The molecular weight excluding hydrogens is 298 g/mol. The van der Waals surface area contributed by atoms with E-state index in [4.69, 9.17) is 0 Å². The Labute approximate surface area is 141 Å². The van der Waals surface area contributed by atoms with Crippen LogP contribution < -0.4 is 0 Å². The molecule has 1 saturated heterocycles. The van der Waals surface area contributed by atoms with Gasteiger partial charge in [0.25, 0.3) is 5.91 Å². The minimum atomic E-state index is 0.0907. The second-order valence-electron chi connectivity index (χ2n) is 6.79. The Kier molecular flexibility index (Phi) is 3.41. The summed E-state index contributed by atoms with van der Waals surface area (Å²) in [4.78, 5) is 22.5. The van der Waals surface area contributed by atoms with Gasteiger partial charge in [0.15, 0.2) is 0 Å². The van der Waals surface area contributed by atoms with Crippen LogP contribution in [0.4, 0.5) is 0 Å². The Balaban J connectivity index is 1.59. The quantitative estimate of drug-likeness (QED) is 0.782. The number of hydrogen-bond acceptors (Lipinski definition) is 2. The summed E-state index contributed by atoms with van der Waals surface area (Å²) in [6, 6.07) is 10.3. The highest BCUT2D eigenvalue weighted by Crippen LogP contribution is 2.30. The van der Waals surface area contributed by atoms with Gasteiger partial charge in [-0.1, -0.05) is 17.7 Å². The molecule has 4 heteroatoms. The minimum absolute atomic E-state index is 0.0907. The Morgan fingerprint density at radius 3 is 2.71 bits per heavy atom. The van der Waals surface area contributed by atoms with Crippen LogP contribution in [0.3, 0.4) is 0 Å². The highest BCUT2D eigenvalue weighted by Gasteiger charge is 2.34. The molecule has 122 valence electrons. The van der Waals surface area contributed by atoms with Crippen molar-refractivity contribution in [2.45, 2.75) is 26.7 Å². The summed E-state index contributed by atoms with van der Waals surface area (Å²) in [7, 11) is 0. The summed E-state index contributed by atoms with van der Waals surface area (Å²) >= 11 is 0. The van der Waals surface area contributed by atoms with Crippen LogP contribution in [0.5, 0.6) is 0 Å². The highest BCUT2D eigenvalue weighted by molar-refractivity contribution is 6.02. The van der Waals surface area contributed by atoms with Gasteiger partial charge in [0, 0.05) is 41.8 Å². The SMILES string of the molecule is Cc1cc(C)c2[nH]c(C(=O)N3CC(c4ccccn4)C3)c(C)c2c1. The lowest BCUT2D eigenvalue weighted by molar-refractivity contribution is 0.0593. The zero-order chi connectivity index (χ0) is 16.8. The van der Waals surface area contributed by atoms with Gasteiger partial charge in [-0.25, -0.2) is 0 Å². The first-order valence-electron chi connectivity index (χ1n) is 8.34. The zero-order valence-corrected chi connectivity index (χ0v) is 14.3. The smallest absolute Gasteiger partial charge is 0.270 e. The number of aromatic amines is 1.